The lowest BCUT2D eigenvalue weighted by atomic mass is 10.2. The standard InChI is InChI=1S/C12H22N4O2S/c1-3-15-9-12(14-10(15)2)19(17,18)16-8-6-4-5-7-11(16)13/h9,11H,3-8,13H2,1-2H3. The summed E-state index contributed by atoms with van der Waals surface area (Å²) in [4.78, 5) is 4.17. The first-order valence-corrected chi connectivity index (χ1v) is 8.22. The molecule has 1 saturated heterocycles. The first-order valence-electron chi connectivity index (χ1n) is 6.78. The van der Waals surface area contributed by atoms with Gasteiger partial charge in [-0.3, -0.25) is 0 Å². The quantitative estimate of drug-likeness (QED) is 0.901. The van der Waals surface area contributed by atoms with Gasteiger partial charge in [0.1, 0.15) is 5.82 Å². The number of aryl methyl sites for hydroxylation is 2. The highest BCUT2D eigenvalue weighted by Crippen LogP contribution is 2.22. The Morgan fingerprint density at radius 1 is 1.42 bits per heavy atom. The van der Waals surface area contributed by atoms with Crippen LogP contribution in [0.3, 0.4) is 0 Å². The van der Waals surface area contributed by atoms with Crippen LogP contribution >= 0.6 is 0 Å². The van der Waals surface area contributed by atoms with Gasteiger partial charge in [-0.1, -0.05) is 12.8 Å². The molecular weight excluding hydrogens is 264 g/mol. The second kappa shape index (κ2) is 5.60. The molecule has 0 aromatic carbocycles. The van der Waals surface area contributed by atoms with E-state index in [1.54, 1.807) is 6.20 Å². The third kappa shape index (κ3) is 2.82. The predicted molar refractivity (Wildman–Crippen MR) is 73.0 cm³/mol. The summed E-state index contributed by atoms with van der Waals surface area (Å²) in [6.07, 6.45) is 4.76. The van der Waals surface area contributed by atoms with Crippen LogP contribution in [0.5, 0.6) is 0 Å². The summed E-state index contributed by atoms with van der Waals surface area (Å²) in [5, 5.41) is 0.115. The van der Waals surface area contributed by atoms with Gasteiger partial charge < -0.3 is 10.3 Å². The second-order valence-corrected chi connectivity index (χ2v) is 6.78. The Labute approximate surface area is 114 Å². The van der Waals surface area contributed by atoms with Crippen molar-refractivity contribution in [1.29, 1.82) is 0 Å². The number of aromatic nitrogens is 2. The van der Waals surface area contributed by atoms with Gasteiger partial charge in [-0.25, -0.2) is 13.4 Å². The van der Waals surface area contributed by atoms with Crippen molar-refractivity contribution in [1.82, 2.24) is 13.9 Å². The topological polar surface area (TPSA) is 81.2 Å². The number of nitrogens with zero attached hydrogens (tertiary/aromatic N) is 3. The van der Waals surface area contributed by atoms with Crippen molar-refractivity contribution in [3.8, 4) is 0 Å². The monoisotopic (exact) mass is 286 g/mol. The number of imidazole rings is 1. The highest BCUT2D eigenvalue weighted by atomic mass is 32.2. The van der Waals surface area contributed by atoms with E-state index in [0.717, 1.165) is 19.3 Å². The molecule has 1 fully saturated rings. The maximum absolute atomic E-state index is 12.6. The van der Waals surface area contributed by atoms with Crippen molar-refractivity contribution in [2.24, 2.45) is 5.73 Å². The zero-order valence-electron chi connectivity index (χ0n) is 11.5. The fourth-order valence-electron chi connectivity index (χ4n) is 2.45. The van der Waals surface area contributed by atoms with E-state index in [0.29, 0.717) is 25.3 Å². The first kappa shape index (κ1) is 14.5. The fourth-order valence-corrected chi connectivity index (χ4v) is 4.03. The van der Waals surface area contributed by atoms with E-state index in [-0.39, 0.29) is 5.03 Å². The molecule has 1 aromatic rings. The van der Waals surface area contributed by atoms with Crippen LogP contribution in [0.2, 0.25) is 0 Å². The van der Waals surface area contributed by atoms with E-state index in [1.807, 2.05) is 18.4 Å². The van der Waals surface area contributed by atoms with Crippen molar-refractivity contribution in [3.05, 3.63) is 12.0 Å². The van der Waals surface area contributed by atoms with Crippen LogP contribution in [0, 0.1) is 6.92 Å². The maximum atomic E-state index is 12.6. The maximum Gasteiger partial charge on any atom is 0.263 e. The number of hydrogen-bond acceptors (Lipinski definition) is 4. The highest BCUT2D eigenvalue weighted by Gasteiger charge is 2.32. The SMILES string of the molecule is CCn1cc(S(=O)(=O)N2CCCCCC2N)nc1C. The Balaban J connectivity index is 2.34. The molecule has 1 aliphatic rings. The lowest BCUT2D eigenvalue weighted by molar-refractivity contribution is 0.328. The van der Waals surface area contributed by atoms with E-state index in [2.05, 4.69) is 4.98 Å². The molecule has 2 heterocycles. The number of hydrogen-bond donors (Lipinski definition) is 1. The van der Waals surface area contributed by atoms with Gasteiger partial charge in [0.05, 0.1) is 6.17 Å². The van der Waals surface area contributed by atoms with E-state index in [4.69, 9.17) is 5.73 Å². The molecule has 0 radical (unpaired) electrons. The van der Waals surface area contributed by atoms with Gasteiger partial charge in [0.25, 0.3) is 10.0 Å². The zero-order valence-corrected chi connectivity index (χ0v) is 12.4. The molecule has 19 heavy (non-hydrogen) atoms. The Bertz CT molecular complexity index is 538. The summed E-state index contributed by atoms with van der Waals surface area (Å²) in [6, 6.07) is 0. The summed E-state index contributed by atoms with van der Waals surface area (Å²) < 4.78 is 28.4. The van der Waals surface area contributed by atoms with Crippen LogP contribution in [-0.2, 0) is 16.6 Å². The molecular formula is C12H22N4O2S. The molecule has 2 N–H and O–H groups in total. The van der Waals surface area contributed by atoms with Crippen molar-refractivity contribution in [2.75, 3.05) is 6.54 Å². The predicted octanol–water partition coefficient (Wildman–Crippen LogP) is 1.06. The lowest BCUT2D eigenvalue weighted by Gasteiger charge is -2.24. The van der Waals surface area contributed by atoms with Gasteiger partial charge in [0.2, 0.25) is 0 Å². The Morgan fingerprint density at radius 3 is 2.79 bits per heavy atom. The molecule has 0 saturated carbocycles. The number of nitrogens with two attached hydrogens (primary N) is 1. The van der Waals surface area contributed by atoms with E-state index in [1.165, 1.54) is 4.31 Å². The average molecular weight is 286 g/mol. The Morgan fingerprint density at radius 2 is 2.16 bits per heavy atom. The molecule has 6 nitrogen and oxygen atoms in total. The van der Waals surface area contributed by atoms with Gasteiger partial charge in [-0.15, -0.1) is 0 Å². The Hall–Kier alpha value is -0.920. The molecule has 0 spiro atoms. The van der Waals surface area contributed by atoms with Crippen LogP contribution < -0.4 is 5.73 Å². The van der Waals surface area contributed by atoms with Gasteiger partial charge in [0, 0.05) is 19.3 Å². The summed E-state index contributed by atoms with van der Waals surface area (Å²) in [5.41, 5.74) is 5.99. The van der Waals surface area contributed by atoms with Crippen LogP contribution in [0.15, 0.2) is 11.2 Å². The smallest absolute Gasteiger partial charge is 0.263 e. The fraction of sp³-hybridized carbons (Fsp3) is 0.750. The molecule has 1 unspecified atom stereocenters. The molecule has 108 valence electrons. The van der Waals surface area contributed by atoms with Gasteiger partial charge in [0.15, 0.2) is 5.03 Å². The van der Waals surface area contributed by atoms with Crippen LogP contribution in [-0.4, -0.2) is 35.0 Å². The number of rotatable bonds is 3. The third-order valence-corrected chi connectivity index (χ3v) is 5.41. The molecule has 1 atom stereocenters. The Kier molecular flexibility index (Phi) is 4.27. The van der Waals surface area contributed by atoms with Crippen LogP contribution in [0.25, 0.3) is 0 Å². The van der Waals surface area contributed by atoms with Crippen molar-refractivity contribution in [2.45, 2.75) is 57.3 Å². The van der Waals surface area contributed by atoms with Crippen LogP contribution in [0.1, 0.15) is 38.4 Å². The molecule has 1 aromatic heterocycles. The third-order valence-electron chi connectivity index (χ3n) is 3.62. The van der Waals surface area contributed by atoms with E-state index < -0.39 is 16.2 Å². The number of sulfonamides is 1. The normalized spacial score (nSPS) is 22.4. The molecule has 1 aliphatic heterocycles. The van der Waals surface area contributed by atoms with Gasteiger partial charge in [-0.05, 0) is 26.7 Å². The van der Waals surface area contributed by atoms with E-state index >= 15 is 0 Å². The summed E-state index contributed by atoms with van der Waals surface area (Å²) in [7, 11) is -3.57. The zero-order chi connectivity index (χ0) is 14.0. The minimum absolute atomic E-state index is 0.115. The van der Waals surface area contributed by atoms with Gasteiger partial charge >= 0.3 is 0 Å². The molecule has 0 bridgehead atoms. The first-order chi connectivity index (χ1) is 8.96. The second-order valence-electron chi connectivity index (χ2n) is 4.94. The van der Waals surface area contributed by atoms with Crippen molar-refractivity contribution >= 4 is 10.0 Å². The van der Waals surface area contributed by atoms with E-state index in [9.17, 15) is 8.42 Å². The van der Waals surface area contributed by atoms with Gasteiger partial charge in [-0.2, -0.15) is 4.31 Å². The molecule has 2 rings (SSSR count). The molecule has 0 amide bonds. The molecule has 0 aliphatic carbocycles. The summed E-state index contributed by atoms with van der Waals surface area (Å²) >= 11 is 0. The average Bonchev–Trinajstić information content (AvgIpc) is 2.60. The highest BCUT2D eigenvalue weighted by molar-refractivity contribution is 7.89. The minimum Gasteiger partial charge on any atom is -0.334 e. The minimum atomic E-state index is -3.57. The van der Waals surface area contributed by atoms with Crippen molar-refractivity contribution in [3.63, 3.8) is 0 Å². The largest absolute Gasteiger partial charge is 0.334 e. The van der Waals surface area contributed by atoms with Crippen molar-refractivity contribution < 1.29 is 8.42 Å². The van der Waals surface area contributed by atoms with Crippen LogP contribution in [0.4, 0.5) is 0 Å². The summed E-state index contributed by atoms with van der Waals surface area (Å²) in [6.45, 7) is 4.97. The molecule has 7 heteroatoms. The lowest BCUT2D eigenvalue weighted by Crippen LogP contribution is -2.45. The summed E-state index contributed by atoms with van der Waals surface area (Å²) in [5.74, 6) is 0.712.